The van der Waals surface area contributed by atoms with Crippen molar-refractivity contribution in [1.82, 2.24) is 15.2 Å². The second-order valence-corrected chi connectivity index (χ2v) is 5.80. The van der Waals surface area contributed by atoms with Crippen LogP contribution in [0.15, 0.2) is 12.3 Å². The van der Waals surface area contributed by atoms with Gasteiger partial charge in [0.05, 0.1) is 10.6 Å². The third-order valence-electron chi connectivity index (χ3n) is 3.70. The number of amides is 1. The van der Waals surface area contributed by atoms with Crippen molar-refractivity contribution in [2.75, 3.05) is 19.6 Å². The predicted molar refractivity (Wildman–Crippen MR) is 81.2 cm³/mol. The van der Waals surface area contributed by atoms with Gasteiger partial charge in [-0.1, -0.05) is 18.5 Å². The van der Waals surface area contributed by atoms with Crippen molar-refractivity contribution in [3.63, 3.8) is 0 Å². The number of carbonyl (C=O) groups excluding carboxylic acids is 1. The van der Waals surface area contributed by atoms with E-state index in [1.165, 1.54) is 6.42 Å². The van der Waals surface area contributed by atoms with Gasteiger partial charge in [0.15, 0.2) is 0 Å². The Morgan fingerprint density at radius 2 is 2.20 bits per heavy atom. The van der Waals surface area contributed by atoms with Gasteiger partial charge in [0, 0.05) is 31.0 Å². The molecule has 1 amide bonds. The zero-order chi connectivity index (χ0) is 14.5. The third-order valence-corrected chi connectivity index (χ3v) is 4.01. The largest absolute Gasteiger partial charge is 0.349 e. The molecule has 1 saturated heterocycles. The Kier molecular flexibility index (Phi) is 5.38. The lowest BCUT2D eigenvalue weighted by Gasteiger charge is -2.32. The SMILES string of the molecule is CCCN1CCC(NC(=O)c2cnc(C)cc2Cl)CC1. The molecule has 0 spiro atoms. The summed E-state index contributed by atoms with van der Waals surface area (Å²) < 4.78 is 0. The summed E-state index contributed by atoms with van der Waals surface area (Å²) >= 11 is 6.10. The van der Waals surface area contributed by atoms with Crippen molar-refractivity contribution in [3.05, 3.63) is 28.5 Å². The Bertz CT molecular complexity index is 470. The van der Waals surface area contributed by atoms with Gasteiger partial charge in [0.2, 0.25) is 0 Å². The second kappa shape index (κ2) is 7.04. The fourth-order valence-corrected chi connectivity index (χ4v) is 2.87. The second-order valence-electron chi connectivity index (χ2n) is 5.39. The first kappa shape index (κ1) is 15.3. The fourth-order valence-electron chi connectivity index (χ4n) is 2.57. The highest BCUT2D eigenvalue weighted by Gasteiger charge is 2.21. The molecule has 0 unspecified atom stereocenters. The minimum atomic E-state index is -0.114. The maximum Gasteiger partial charge on any atom is 0.254 e. The fraction of sp³-hybridized carbons (Fsp3) is 0.600. The van der Waals surface area contributed by atoms with Crippen molar-refractivity contribution < 1.29 is 4.79 Å². The quantitative estimate of drug-likeness (QED) is 0.929. The number of aromatic nitrogens is 1. The molecule has 1 aliphatic rings. The van der Waals surface area contributed by atoms with Crippen molar-refractivity contribution >= 4 is 17.5 Å². The van der Waals surface area contributed by atoms with Gasteiger partial charge in [-0.3, -0.25) is 9.78 Å². The molecule has 0 radical (unpaired) electrons. The molecule has 2 rings (SSSR count). The zero-order valence-electron chi connectivity index (χ0n) is 12.2. The van der Waals surface area contributed by atoms with Crippen LogP contribution in [0, 0.1) is 6.92 Å². The number of aryl methyl sites for hydroxylation is 1. The van der Waals surface area contributed by atoms with Crippen LogP contribution in [0.2, 0.25) is 5.02 Å². The van der Waals surface area contributed by atoms with E-state index >= 15 is 0 Å². The molecule has 0 atom stereocenters. The van der Waals surface area contributed by atoms with Crippen molar-refractivity contribution in [2.24, 2.45) is 0 Å². The summed E-state index contributed by atoms with van der Waals surface area (Å²) in [6.07, 6.45) is 4.74. The zero-order valence-corrected chi connectivity index (χ0v) is 12.9. The average Bonchev–Trinajstić information content (AvgIpc) is 2.41. The van der Waals surface area contributed by atoms with E-state index in [9.17, 15) is 4.79 Å². The molecule has 110 valence electrons. The molecule has 0 bridgehead atoms. The molecule has 4 nitrogen and oxygen atoms in total. The molecule has 0 saturated carbocycles. The molecule has 1 aromatic heterocycles. The van der Waals surface area contributed by atoms with Gasteiger partial charge >= 0.3 is 0 Å². The molecule has 1 aromatic rings. The first-order valence-electron chi connectivity index (χ1n) is 7.25. The van der Waals surface area contributed by atoms with Crippen LogP contribution in [0.4, 0.5) is 0 Å². The predicted octanol–water partition coefficient (Wildman–Crippen LogP) is 2.65. The van der Waals surface area contributed by atoms with Gasteiger partial charge in [-0.25, -0.2) is 0 Å². The molecule has 20 heavy (non-hydrogen) atoms. The van der Waals surface area contributed by atoms with E-state index in [1.807, 2.05) is 6.92 Å². The molecule has 1 N–H and O–H groups in total. The molecular weight excluding hydrogens is 274 g/mol. The van der Waals surface area contributed by atoms with Crippen LogP contribution in [-0.4, -0.2) is 41.5 Å². The van der Waals surface area contributed by atoms with Crippen molar-refractivity contribution in [1.29, 1.82) is 0 Å². The highest BCUT2D eigenvalue weighted by atomic mass is 35.5. The average molecular weight is 296 g/mol. The van der Waals surface area contributed by atoms with Gasteiger partial charge in [-0.05, 0) is 38.8 Å². The number of likely N-dealkylation sites (tertiary alicyclic amines) is 1. The standard InChI is InChI=1S/C15H22ClN3O/c1-3-6-19-7-4-12(5-8-19)18-15(20)13-10-17-11(2)9-14(13)16/h9-10,12H,3-8H2,1-2H3,(H,18,20). The number of hydrogen-bond acceptors (Lipinski definition) is 3. The maximum atomic E-state index is 12.2. The number of hydrogen-bond donors (Lipinski definition) is 1. The summed E-state index contributed by atoms with van der Waals surface area (Å²) in [4.78, 5) is 18.8. The summed E-state index contributed by atoms with van der Waals surface area (Å²) in [6.45, 7) is 7.31. The summed E-state index contributed by atoms with van der Waals surface area (Å²) in [5.74, 6) is -0.114. The Morgan fingerprint density at radius 1 is 1.50 bits per heavy atom. The van der Waals surface area contributed by atoms with Gasteiger partial charge in [-0.15, -0.1) is 0 Å². The maximum absolute atomic E-state index is 12.2. The highest BCUT2D eigenvalue weighted by molar-refractivity contribution is 6.33. The molecule has 0 aliphatic carbocycles. The topological polar surface area (TPSA) is 45.2 Å². The molecule has 1 fully saturated rings. The monoisotopic (exact) mass is 295 g/mol. The Morgan fingerprint density at radius 3 is 2.80 bits per heavy atom. The molecular formula is C15H22ClN3O. The van der Waals surface area contributed by atoms with Crippen LogP contribution in [0.25, 0.3) is 0 Å². The van der Waals surface area contributed by atoms with Crippen molar-refractivity contribution in [3.8, 4) is 0 Å². The molecule has 0 aromatic carbocycles. The number of nitrogens with zero attached hydrogens (tertiary/aromatic N) is 2. The highest BCUT2D eigenvalue weighted by Crippen LogP contribution is 2.17. The van der Waals surface area contributed by atoms with Crippen LogP contribution < -0.4 is 5.32 Å². The van der Waals surface area contributed by atoms with Crippen LogP contribution in [0.3, 0.4) is 0 Å². The number of pyridine rings is 1. The van der Waals surface area contributed by atoms with Gasteiger partial charge in [0.1, 0.15) is 0 Å². The molecule has 1 aliphatic heterocycles. The van der Waals surface area contributed by atoms with Crippen LogP contribution >= 0.6 is 11.6 Å². The van der Waals surface area contributed by atoms with Crippen LogP contribution in [-0.2, 0) is 0 Å². The summed E-state index contributed by atoms with van der Waals surface area (Å²) in [5.41, 5.74) is 1.28. The number of piperidine rings is 1. The van der Waals surface area contributed by atoms with E-state index in [4.69, 9.17) is 11.6 Å². The smallest absolute Gasteiger partial charge is 0.254 e. The third kappa shape index (κ3) is 3.93. The van der Waals surface area contributed by atoms with E-state index < -0.39 is 0 Å². The van der Waals surface area contributed by atoms with Gasteiger partial charge < -0.3 is 10.2 Å². The number of carbonyl (C=O) groups is 1. The Labute approximate surface area is 125 Å². The van der Waals surface area contributed by atoms with E-state index in [-0.39, 0.29) is 11.9 Å². The lowest BCUT2D eigenvalue weighted by atomic mass is 10.0. The Hall–Kier alpha value is -1.13. The number of nitrogens with one attached hydrogen (secondary N) is 1. The number of rotatable bonds is 4. The van der Waals surface area contributed by atoms with Crippen LogP contribution in [0.1, 0.15) is 42.2 Å². The van der Waals surface area contributed by atoms with E-state index in [2.05, 4.69) is 22.1 Å². The summed E-state index contributed by atoms with van der Waals surface area (Å²) in [6, 6.07) is 1.97. The molecule has 5 heteroatoms. The van der Waals surface area contributed by atoms with Crippen molar-refractivity contribution in [2.45, 2.75) is 39.2 Å². The first-order valence-corrected chi connectivity index (χ1v) is 7.63. The van der Waals surface area contributed by atoms with E-state index in [0.717, 1.165) is 38.2 Å². The van der Waals surface area contributed by atoms with Crippen LogP contribution in [0.5, 0.6) is 0 Å². The summed E-state index contributed by atoms with van der Waals surface area (Å²) in [5, 5.41) is 3.54. The minimum Gasteiger partial charge on any atom is -0.349 e. The van der Waals surface area contributed by atoms with E-state index in [0.29, 0.717) is 10.6 Å². The van der Waals surface area contributed by atoms with Gasteiger partial charge in [0.25, 0.3) is 5.91 Å². The summed E-state index contributed by atoms with van der Waals surface area (Å²) in [7, 11) is 0. The lowest BCUT2D eigenvalue weighted by Crippen LogP contribution is -2.44. The van der Waals surface area contributed by atoms with E-state index in [1.54, 1.807) is 12.3 Å². The molecule has 2 heterocycles. The Balaban J connectivity index is 1.89. The van der Waals surface area contributed by atoms with Gasteiger partial charge in [-0.2, -0.15) is 0 Å². The minimum absolute atomic E-state index is 0.114. The lowest BCUT2D eigenvalue weighted by molar-refractivity contribution is 0.0911. The number of halogens is 1. The first-order chi connectivity index (χ1) is 9.60. The normalized spacial score (nSPS) is 17.1.